The van der Waals surface area contributed by atoms with Crippen molar-refractivity contribution in [3.05, 3.63) is 24.0 Å². The van der Waals surface area contributed by atoms with Crippen LogP contribution in [0.25, 0.3) is 0 Å². The number of aromatic nitrogens is 1. The average Bonchev–Trinajstić information content (AvgIpc) is 2.44. The van der Waals surface area contributed by atoms with Gasteiger partial charge in [0.15, 0.2) is 5.69 Å². The van der Waals surface area contributed by atoms with Gasteiger partial charge in [-0.05, 0) is 18.6 Å². The SMILES string of the molecule is COC1CNCC(COc2cccnc2C(F)(F)F)C1. The summed E-state index contributed by atoms with van der Waals surface area (Å²) in [6.45, 7) is 1.68. The maximum atomic E-state index is 12.8. The standard InChI is InChI=1S/C13H17F3N2O2/c1-19-10-5-9(6-17-7-10)8-20-11-3-2-4-18-12(11)13(14,15)16/h2-4,9-10,17H,5-8H2,1H3. The van der Waals surface area contributed by atoms with Crippen LogP contribution in [0.15, 0.2) is 18.3 Å². The van der Waals surface area contributed by atoms with Crippen molar-refractivity contribution in [2.24, 2.45) is 5.92 Å². The topological polar surface area (TPSA) is 43.4 Å². The van der Waals surface area contributed by atoms with E-state index in [0.29, 0.717) is 6.54 Å². The molecule has 1 N–H and O–H groups in total. The fraction of sp³-hybridized carbons (Fsp3) is 0.615. The molecule has 2 heterocycles. The summed E-state index contributed by atoms with van der Waals surface area (Å²) in [6.07, 6.45) is -2.55. The van der Waals surface area contributed by atoms with Crippen LogP contribution in [-0.2, 0) is 10.9 Å². The molecule has 1 aliphatic rings. The van der Waals surface area contributed by atoms with Gasteiger partial charge in [-0.2, -0.15) is 13.2 Å². The molecule has 0 aromatic carbocycles. The van der Waals surface area contributed by atoms with Crippen molar-refractivity contribution in [3.63, 3.8) is 0 Å². The summed E-state index contributed by atoms with van der Waals surface area (Å²) >= 11 is 0. The molecule has 2 unspecified atom stereocenters. The predicted octanol–water partition coefficient (Wildman–Crippen LogP) is 2.10. The van der Waals surface area contributed by atoms with Gasteiger partial charge in [0, 0.05) is 32.3 Å². The van der Waals surface area contributed by atoms with Crippen LogP contribution in [0.3, 0.4) is 0 Å². The lowest BCUT2D eigenvalue weighted by molar-refractivity contribution is -0.142. The summed E-state index contributed by atoms with van der Waals surface area (Å²) in [6, 6.07) is 2.72. The van der Waals surface area contributed by atoms with Gasteiger partial charge >= 0.3 is 6.18 Å². The van der Waals surface area contributed by atoms with Crippen molar-refractivity contribution >= 4 is 0 Å². The zero-order valence-electron chi connectivity index (χ0n) is 11.1. The number of alkyl halides is 3. The largest absolute Gasteiger partial charge is 0.491 e. The van der Waals surface area contributed by atoms with E-state index in [4.69, 9.17) is 9.47 Å². The first-order chi connectivity index (χ1) is 9.50. The zero-order chi connectivity index (χ0) is 14.6. The Kier molecular flexibility index (Phi) is 4.82. The minimum Gasteiger partial charge on any atom is -0.491 e. The summed E-state index contributed by atoms with van der Waals surface area (Å²) in [5.74, 6) is -0.102. The lowest BCUT2D eigenvalue weighted by Crippen LogP contribution is -2.42. The molecule has 0 spiro atoms. The maximum absolute atomic E-state index is 12.8. The third-order valence-electron chi connectivity index (χ3n) is 3.25. The number of piperidine rings is 1. The first kappa shape index (κ1) is 15.1. The number of hydrogen-bond acceptors (Lipinski definition) is 4. The third-order valence-corrected chi connectivity index (χ3v) is 3.25. The second kappa shape index (κ2) is 6.41. The van der Waals surface area contributed by atoms with Gasteiger partial charge < -0.3 is 14.8 Å². The number of pyridine rings is 1. The highest BCUT2D eigenvalue weighted by Crippen LogP contribution is 2.34. The number of nitrogens with zero attached hydrogens (tertiary/aromatic N) is 1. The second-order valence-corrected chi connectivity index (χ2v) is 4.78. The van der Waals surface area contributed by atoms with Crippen molar-refractivity contribution < 1.29 is 22.6 Å². The highest BCUT2D eigenvalue weighted by molar-refractivity contribution is 5.29. The summed E-state index contributed by atoms with van der Waals surface area (Å²) in [5, 5.41) is 3.17. The molecule has 0 amide bonds. The molecular formula is C13H17F3N2O2. The Balaban J connectivity index is 1.97. The van der Waals surface area contributed by atoms with Gasteiger partial charge in [0.2, 0.25) is 0 Å². The smallest absolute Gasteiger partial charge is 0.437 e. The van der Waals surface area contributed by atoms with Gasteiger partial charge in [0.1, 0.15) is 5.75 Å². The normalized spacial score (nSPS) is 23.6. The summed E-state index contributed by atoms with van der Waals surface area (Å²) < 4.78 is 48.8. The molecular weight excluding hydrogens is 273 g/mol. The van der Waals surface area contributed by atoms with Crippen molar-refractivity contribution in [1.29, 1.82) is 0 Å². The number of methoxy groups -OCH3 is 1. The van der Waals surface area contributed by atoms with E-state index in [9.17, 15) is 13.2 Å². The minimum atomic E-state index is -4.50. The molecule has 4 nitrogen and oxygen atoms in total. The van der Waals surface area contributed by atoms with E-state index in [-0.39, 0.29) is 24.4 Å². The maximum Gasteiger partial charge on any atom is 0.437 e. The van der Waals surface area contributed by atoms with Crippen LogP contribution in [0, 0.1) is 5.92 Å². The molecule has 2 atom stereocenters. The molecule has 0 saturated carbocycles. The highest BCUT2D eigenvalue weighted by atomic mass is 19.4. The van der Waals surface area contributed by atoms with Crippen molar-refractivity contribution in [2.45, 2.75) is 18.7 Å². The van der Waals surface area contributed by atoms with E-state index >= 15 is 0 Å². The molecule has 0 bridgehead atoms. The van der Waals surface area contributed by atoms with Crippen LogP contribution in [0.1, 0.15) is 12.1 Å². The first-order valence-electron chi connectivity index (χ1n) is 6.39. The lowest BCUT2D eigenvalue weighted by atomic mass is 9.98. The van der Waals surface area contributed by atoms with Gasteiger partial charge in [0.25, 0.3) is 0 Å². The van der Waals surface area contributed by atoms with E-state index in [1.54, 1.807) is 7.11 Å². The monoisotopic (exact) mass is 290 g/mol. The van der Waals surface area contributed by atoms with Gasteiger partial charge in [0.05, 0.1) is 12.7 Å². The predicted molar refractivity (Wildman–Crippen MR) is 66.5 cm³/mol. The summed E-state index contributed by atoms with van der Waals surface area (Å²) in [4.78, 5) is 3.35. The Hall–Kier alpha value is -1.34. The molecule has 2 rings (SSSR count). The molecule has 20 heavy (non-hydrogen) atoms. The molecule has 0 radical (unpaired) electrons. The summed E-state index contributed by atoms with van der Waals surface area (Å²) in [5.41, 5.74) is -0.980. The van der Waals surface area contributed by atoms with Crippen LogP contribution >= 0.6 is 0 Å². The van der Waals surface area contributed by atoms with Crippen LogP contribution in [0.5, 0.6) is 5.75 Å². The van der Waals surface area contributed by atoms with Gasteiger partial charge in [-0.1, -0.05) is 0 Å². The number of nitrogens with one attached hydrogen (secondary N) is 1. The third kappa shape index (κ3) is 3.83. The van der Waals surface area contributed by atoms with Gasteiger partial charge in [-0.15, -0.1) is 0 Å². The first-order valence-corrected chi connectivity index (χ1v) is 6.39. The molecule has 1 aliphatic heterocycles. The van der Waals surface area contributed by atoms with Crippen LogP contribution in [-0.4, -0.2) is 37.9 Å². The minimum absolute atomic E-state index is 0.0772. The van der Waals surface area contributed by atoms with E-state index in [1.807, 2.05) is 0 Å². The Morgan fingerprint density at radius 2 is 2.20 bits per heavy atom. The molecule has 112 valence electrons. The van der Waals surface area contributed by atoms with Gasteiger partial charge in [-0.3, -0.25) is 0 Å². The van der Waals surface area contributed by atoms with Crippen LogP contribution in [0.2, 0.25) is 0 Å². The molecule has 1 saturated heterocycles. The van der Waals surface area contributed by atoms with E-state index < -0.39 is 11.9 Å². The lowest BCUT2D eigenvalue weighted by Gasteiger charge is -2.29. The van der Waals surface area contributed by atoms with Crippen LogP contribution < -0.4 is 10.1 Å². The Morgan fingerprint density at radius 3 is 2.90 bits per heavy atom. The molecule has 0 aliphatic carbocycles. The fourth-order valence-corrected chi connectivity index (χ4v) is 2.22. The Morgan fingerprint density at radius 1 is 1.40 bits per heavy atom. The van der Waals surface area contributed by atoms with E-state index in [0.717, 1.165) is 19.2 Å². The highest BCUT2D eigenvalue weighted by Gasteiger charge is 2.36. The van der Waals surface area contributed by atoms with Crippen molar-refractivity contribution in [1.82, 2.24) is 10.3 Å². The number of hydrogen-bond donors (Lipinski definition) is 1. The number of rotatable bonds is 4. The van der Waals surface area contributed by atoms with Crippen LogP contribution in [0.4, 0.5) is 13.2 Å². The van der Waals surface area contributed by atoms with Gasteiger partial charge in [-0.25, -0.2) is 4.98 Å². The Labute approximate surface area is 115 Å². The van der Waals surface area contributed by atoms with E-state index in [2.05, 4.69) is 10.3 Å². The molecule has 1 aromatic rings. The molecule has 1 fully saturated rings. The zero-order valence-corrected chi connectivity index (χ0v) is 11.1. The number of ether oxygens (including phenoxy) is 2. The molecule has 1 aromatic heterocycles. The van der Waals surface area contributed by atoms with E-state index in [1.165, 1.54) is 12.1 Å². The fourth-order valence-electron chi connectivity index (χ4n) is 2.22. The number of halogens is 3. The second-order valence-electron chi connectivity index (χ2n) is 4.78. The molecule has 7 heteroatoms. The van der Waals surface area contributed by atoms with Crippen molar-refractivity contribution in [3.8, 4) is 5.75 Å². The summed E-state index contributed by atoms with van der Waals surface area (Å²) in [7, 11) is 1.62. The van der Waals surface area contributed by atoms with Crippen molar-refractivity contribution in [2.75, 3.05) is 26.8 Å². The average molecular weight is 290 g/mol. The Bertz CT molecular complexity index is 440. The quantitative estimate of drug-likeness (QED) is 0.922.